The molecular formula is C27H35N3O2. The van der Waals surface area contributed by atoms with E-state index in [9.17, 15) is 9.59 Å². The number of nitrogens with zero attached hydrogens (tertiary/aromatic N) is 2. The van der Waals surface area contributed by atoms with E-state index < -0.39 is 5.41 Å². The summed E-state index contributed by atoms with van der Waals surface area (Å²) in [5, 5.41) is 3.15. The van der Waals surface area contributed by atoms with Gasteiger partial charge in [-0.3, -0.25) is 14.6 Å². The molecule has 0 unspecified atom stereocenters. The zero-order valence-corrected chi connectivity index (χ0v) is 19.2. The second-order valence-corrected chi connectivity index (χ2v) is 9.49. The van der Waals surface area contributed by atoms with Gasteiger partial charge in [0.15, 0.2) is 0 Å². The molecule has 0 bridgehead atoms. The third-order valence-corrected chi connectivity index (χ3v) is 7.12. The molecule has 0 spiro atoms. The summed E-state index contributed by atoms with van der Waals surface area (Å²) in [6, 6.07) is 12.5. The van der Waals surface area contributed by atoms with E-state index >= 15 is 0 Å². The van der Waals surface area contributed by atoms with E-state index in [1.54, 1.807) is 12.4 Å². The molecule has 1 aromatic heterocycles. The average Bonchev–Trinajstić information content (AvgIpc) is 3.38. The van der Waals surface area contributed by atoms with Crippen molar-refractivity contribution in [2.45, 2.75) is 58.3 Å². The zero-order valence-electron chi connectivity index (χ0n) is 19.2. The largest absolute Gasteiger partial charge is 0.356 e. The van der Waals surface area contributed by atoms with Crippen LogP contribution < -0.4 is 5.32 Å². The summed E-state index contributed by atoms with van der Waals surface area (Å²) in [6.07, 6.45) is 11.2. The Morgan fingerprint density at radius 1 is 1.03 bits per heavy atom. The Kier molecular flexibility index (Phi) is 7.23. The fourth-order valence-corrected chi connectivity index (χ4v) is 5.34. The van der Waals surface area contributed by atoms with Crippen LogP contribution in [0.4, 0.5) is 0 Å². The predicted octanol–water partition coefficient (Wildman–Crippen LogP) is 4.62. The van der Waals surface area contributed by atoms with Gasteiger partial charge in [0.05, 0.1) is 5.41 Å². The van der Waals surface area contributed by atoms with Crippen LogP contribution in [0.5, 0.6) is 0 Å². The van der Waals surface area contributed by atoms with Crippen molar-refractivity contribution in [2.75, 3.05) is 19.6 Å². The van der Waals surface area contributed by atoms with Gasteiger partial charge >= 0.3 is 0 Å². The molecule has 1 N–H and O–H groups in total. The number of rotatable bonds is 7. The fraction of sp³-hybridized carbons (Fsp3) is 0.519. The number of hydrogen-bond donors (Lipinski definition) is 1. The fourth-order valence-electron chi connectivity index (χ4n) is 5.34. The van der Waals surface area contributed by atoms with Gasteiger partial charge in [0.2, 0.25) is 11.8 Å². The number of pyridine rings is 1. The minimum absolute atomic E-state index is 0.0986. The van der Waals surface area contributed by atoms with E-state index in [1.165, 1.54) is 0 Å². The van der Waals surface area contributed by atoms with Crippen LogP contribution in [-0.2, 0) is 16.0 Å². The minimum atomic E-state index is -0.556. The first kappa shape index (κ1) is 22.5. The Morgan fingerprint density at radius 3 is 2.41 bits per heavy atom. The molecule has 32 heavy (non-hydrogen) atoms. The highest BCUT2D eigenvalue weighted by atomic mass is 16.2. The maximum absolute atomic E-state index is 13.4. The van der Waals surface area contributed by atoms with Crippen LogP contribution >= 0.6 is 0 Å². The maximum Gasteiger partial charge on any atom is 0.228 e. The number of piperidine rings is 1. The monoisotopic (exact) mass is 433 g/mol. The third kappa shape index (κ3) is 5.03. The lowest BCUT2D eigenvalue weighted by Crippen LogP contribution is -2.55. The molecule has 1 aliphatic heterocycles. The van der Waals surface area contributed by atoms with Gasteiger partial charge in [0.1, 0.15) is 0 Å². The highest BCUT2D eigenvalue weighted by molar-refractivity contribution is 5.85. The SMILES string of the molecule is CCCNC(=O)[C@]1(Cc2ccc(-c3ccncc3)cc2)CCCN(C(=O)C2CCCC2)C1. The van der Waals surface area contributed by atoms with Crippen LogP contribution in [0.15, 0.2) is 48.8 Å². The minimum Gasteiger partial charge on any atom is -0.356 e. The number of benzene rings is 1. The van der Waals surface area contributed by atoms with Crippen molar-refractivity contribution in [1.29, 1.82) is 0 Å². The lowest BCUT2D eigenvalue weighted by molar-refractivity contribution is -0.144. The molecule has 2 amide bonds. The van der Waals surface area contributed by atoms with Crippen LogP contribution in [0.2, 0.25) is 0 Å². The Labute approximate surface area is 191 Å². The molecule has 2 aromatic rings. The molecule has 2 heterocycles. The lowest BCUT2D eigenvalue weighted by atomic mass is 9.73. The molecule has 2 fully saturated rings. The Hall–Kier alpha value is -2.69. The molecule has 1 aliphatic carbocycles. The number of carbonyl (C=O) groups is 2. The van der Waals surface area contributed by atoms with Gasteiger partial charge < -0.3 is 10.2 Å². The number of nitrogens with one attached hydrogen (secondary N) is 1. The molecule has 1 saturated carbocycles. The quantitative estimate of drug-likeness (QED) is 0.693. The lowest BCUT2D eigenvalue weighted by Gasteiger charge is -2.42. The molecule has 1 aromatic carbocycles. The number of aromatic nitrogens is 1. The van der Waals surface area contributed by atoms with Crippen molar-refractivity contribution in [3.8, 4) is 11.1 Å². The maximum atomic E-state index is 13.4. The smallest absolute Gasteiger partial charge is 0.228 e. The van der Waals surface area contributed by atoms with E-state index in [0.29, 0.717) is 19.5 Å². The van der Waals surface area contributed by atoms with Crippen molar-refractivity contribution in [3.63, 3.8) is 0 Å². The standard InChI is InChI=1S/C27H35N3O2/c1-2-15-29-26(32)27(14-5-18-30(20-27)25(31)24-6-3-4-7-24)19-21-8-10-22(11-9-21)23-12-16-28-17-13-23/h8-13,16-17,24H,2-7,14-15,18-20H2,1H3,(H,29,32)/t27-/m0/s1. The Bertz CT molecular complexity index is 906. The number of carbonyl (C=O) groups excluding carboxylic acids is 2. The van der Waals surface area contributed by atoms with Gasteiger partial charge in [0.25, 0.3) is 0 Å². The van der Waals surface area contributed by atoms with E-state index in [-0.39, 0.29) is 17.7 Å². The predicted molar refractivity (Wildman–Crippen MR) is 127 cm³/mol. The van der Waals surface area contributed by atoms with Crippen molar-refractivity contribution in [2.24, 2.45) is 11.3 Å². The van der Waals surface area contributed by atoms with Crippen molar-refractivity contribution < 1.29 is 9.59 Å². The van der Waals surface area contributed by atoms with Crippen LogP contribution in [-0.4, -0.2) is 41.3 Å². The zero-order chi connectivity index (χ0) is 22.4. The van der Waals surface area contributed by atoms with Crippen LogP contribution in [0.3, 0.4) is 0 Å². The third-order valence-electron chi connectivity index (χ3n) is 7.12. The van der Waals surface area contributed by atoms with Crippen LogP contribution in [0.1, 0.15) is 57.4 Å². The van der Waals surface area contributed by atoms with Gasteiger partial charge in [-0.1, -0.05) is 44.0 Å². The van der Waals surface area contributed by atoms with Crippen molar-refractivity contribution >= 4 is 11.8 Å². The molecule has 1 saturated heterocycles. The van der Waals surface area contributed by atoms with Gasteiger partial charge in [-0.2, -0.15) is 0 Å². The summed E-state index contributed by atoms with van der Waals surface area (Å²) >= 11 is 0. The first-order chi connectivity index (χ1) is 15.6. The number of likely N-dealkylation sites (tertiary alicyclic amines) is 1. The number of hydrogen-bond acceptors (Lipinski definition) is 3. The second kappa shape index (κ2) is 10.3. The highest BCUT2D eigenvalue weighted by Gasteiger charge is 2.44. The van der Waals surface area contributed by atoms with Crippen molar-refractivity contribution in [1.82, 2.24) is 15.2 Å². The van der Waals surface area contributed by atoms with Gasteiger partial charge in [-0.25, -0.2) is 0 Å². The summed E-state index contributed by atoms with van der Waals surface area (Å²) in [5.41, 5.74) is 2.86. The van der Waals surface area contributed by atoms with Gasteiger partial charge in [0, 0.05) is 37.9 Å². The van der Waals surface area contributed by atoms with Gasteiger partial charge in [-0.15, -0.1) is 0 Å². The van der Waals surface area contributed by atoms with Crippen molar-refractivity contribution in [3.05, 3.63) is 54.4 Å². The summed E-state index contributed by atoms with van der Waals surface area (Å²) in [6.45, 7) is 4.06. The normalized spacial score (nSPS) is 21.5. The molecule has 4 rings (SSSR count). The summed E-state index contributed by atoms with van der Waals surface area (Å²) < 4.78 is 0. The average molecular weight is 434 g/mol. The highest BCUT2D eigenvalue weighted by Crippen LogP contribution is 2.37. The number of amides is 2. The summed E-state index contributed by atoms with van der Waals surface area (Å²) in [7, 11) is 0. The first-order valence-electron chi connectivity index (χ1n) is 12.2. The molecule has 2 aliphatic rings. The summed E-state index contributed by atoms with van der Waals surface area (Å²) in [4.78, 5) is 32.7. The molecule has 170 valence electrons. The van der Waals surface area contributed by atoms with E-state index in [4.69, 9.17) is 0 Å². The first-order valence-corrected chi connectivity index (χ1v) is 12.2. The van der Waals surface area contributed by atoms with E-state index in [1.807, 2.05) is 17.0 Å². The van der Waals surface area contributed by atoms with E-state index in [2.05, 4.69) is 41.5 Å². The molecule has 0 radical (unpaired) electrons. The van der Waals surface area contributed by atoms with Crippen LogP contribution in [0, 0.1) is 11.3 Å². The van der Waals surface area contributed by atoms with Crippen LogP contribution in [0.25, 0.3) is 11.1 Å². The molecule has 5 nitrogen and oxygen atoms in total. The molecule has 1 atom stereocenters. The summed E-state index contributed by atoms with van der Waals surface area (Å²) in [5.74, 6) is 0.522. The second-order valence-electron chi connectivity index (χ2n) is 9.49. The Balaban J connectivity index is 1.54. The molecular weight excluding hydrogens is 398 g/mol. The Morgan fingerprint density at radius 2 is 1.72 bits per heavy atom. The van der Waals surface area contributed by atoms with E-state index in [0.717, 1.165) is 68.2 Å². The topological polar surface area (TPSA) is 62.3 Å². The van der Waals surface area contributed by atoms with Gasteiger partial charge in [-0.05, 0) is 67.3 Å². The molecule has 5 heteroatoms.